The third-order valence-electron chi connectivity index (χ3n) is 5.00. The maximum Gasteiger partial charge on any atom is 0.0406 e. The highest BCUT2D eigenvalue weighted by Gasteiger charge is 2.28. The van der Waals surface area contributed by atoms with Gasteiger partial charge in [-0.2, -0.15) is 0 Å². The van der Waals surface area contributed by atoms with E-state index in [2.05, 4.69) is 49.4 Å². The van der Waals surface area contributed by atoms with Crippen LogP contribution in [0.5, 0.6) is 0 Å². The number of hydrogen-bond donors (Lipinski definition) is 1. The van der Waals surface area contributed by atoms with Crippen LogP contribution in [0.3, 0.4) is 0 Å². The number of aromatic nitrogens is 1. The lowest BCUT2D eigenvalue weighted by atomic mass is 9.72. The zero-order chi connectivity index (χ0) is 15.1. The molecule has 1 N–H and O–H groups in total. The molecule has 1 saturated carbocycles. The van der Waals surface area contributed by atoms with Crippen molar-refractivity contribution in [2.45, 2.75) is 59.3 Å². The minimum atomic E-state index is 0.804. The van der Waals surface area contributed by atoms with E-state index in [1.165, 1.54) is 43.5 Å². The molecule has 0 radical (unpaired) electrons. The molecule has 3 unspecified atom stereocenters. The SMILES string of the molecule is CCCNCC1CCC(C)CC1Cc1ccc(CC)cn1. The lowest BCUT2D eigenvalue weighted by Gasteiger charge is -2.35. The van der Waals surface area contributed by atoms with E-state index in [1.54, 1.807) is 0 Å². The summed E-state index contributed by atoms with van der Waals surface area (Å²) in [5.41, 5.74) is 2.63. The summed E-state index contributed by atoms with van der Waals surface area (Å²) in [6.07, 6.45) is 9.69. The van der Waals surface area contributed by atoms with E-state index >= 15 is 0 Å². The second-order valence-electron chi connectivity index (χ2n) is 6.86. The first-order valence-corrected chi connectivity index (χ1v) is 8.87. The Bertz CT molecular complexity index is 399. The summed E-state index contributed by atoms with van der Waals surface area (Å²) in [5, 5.41) is 3.63. The van der Waals surface area contributed by atoms with Crippen molar-refractivity contribution in [3.63, 3.8) is 0 Å². The van der Waals surface area contributed by atoms with Crippen LogP contribution in [0.25, 0.3) is 0 Å². The zero-order valence-electron chi connectivity index (χ0n) is 14.1. The summed E-state index contributed by atoms with van der Waals surface area (Å²) in [5.74, 6) is 2.52. The predicted octanol–water partition coefficient (Wildman–Crippen LogP) is 4.24. The highest BCUT2D eigenvalue weighted by molar-refractivity contribution is 5.14. The van der Waals surface area contributed by atoms with Gasteiger partial charge in [-0.25, -0.2) is 0 Å². The van der Waals surface area contributed by atoms with E-state index in [0.29, 0.717) is 0 Å². The van der Waals surface area contributed by atoms with E-state index in [9.17, 15) is 0 Å². The molecule has 0 amide bonds. The molecular formula is C19H32N2. The number of pyridine rings is 1. The van der Waals surface area contributed by atoms with Gasteiger partial charge >= 0.3 is 0 Å². The van der Waals surface area contributed by atoms with Gasteiger partial charge < -0.3 is 5.32 Å². The van der Waals surface area contributed by atoms with Gasteiger partial charge in [-0.3, -0.25) is 4.98 Å². The Balaban J connectivity index is 1.94. The second-order valence-corrected chi connectivity index (χ2v) is 6.86. The third-order valence-corrected chi connectivity index (χ3v) is 5.00. The van der Waals surface area contributed by atoms with Gasteiger partial charge in [-0.05, 0) is 74.6 Å². The minimum Gasteiger partial charge on any atom is -0.316 e. The fraction of sp³-hybridized carbons (Fsp3) is 0.737. The van der Waals surface area contributed by atoms with Gasteiger partial charge in [0.05, 0.1) is 0 Å². The van der Waals surface area contributed by atoms with Crippen LogP contribution in [-0.4, -0.2) is 18.1 Å². The molecule has 0 bridgehead atoms. The van der Waals surface area contributed by atoms with Crippen molar-refractivity contribution >= 4 is 0 Å². The van der Waals surface area contributed by atoms with Crippen LogP contribution in [0, 0.1) is 17.8 Å². The Morgan fingerprint density at radius 3 is 2.71 bits per heavy atom. The van der Waals surface area contributed by atoms with Gasteiger partial charge in [0.15, 0.2) is 0 Å². The molecule has 0 aromatic carbocycles. The first kappa shape index (κ1) is 16.5. The monoisotopic (exact) mass is 288 g/mol. The van der Waals surface area contributed by atoms with E-state index in [0.717, 1.165) is 37.1 Å². The van der Waals surface area contributed by atoms with E-state index in [-0.39, 0.29) is 0 Å². The molecule has 0 saturated heterocycles. The topological polar surface area (TPSA) is 24.9 Å². The van der Waals surface area contributed by atoms with Crippen molar-refractivity contribution in [3.8, 4) is 0 Å². The molecule has 1 fully saturated rings. The van der Waals surface area contributed by atoms with E-state index < -0.39 is 0 Å². The average molecular weight is 288 g/mol. The van der Waals surface area contributed by atoms with Crippen LogP contribution < -0.4 is 5.32 Å². The maximum atomic E-state index is 4.68. The number of rotatable bonds is 7. The molecule has 21 heavy (non-hydrogen) atoms. The highest BCUT2D eigenvalue weighted by Crippen LogP contribution is 2.35. The molecule has 1 aliphatic carbocycles. The molecule has 2 heteroatoms. The average Bonchev–Trinajstić information content (AvgIpc) is 2.50. The summed E-state index contributed by atoms with van der Waals surface area (Å²) in [6, 6.07) is 4.49. The number of nitrogens with zero attached hydrogens (tertiary/aromatic N) is 1. The third kappa shape index (κ3) is 5.10. The lowest BCUT2D eigenvalue weighted by molar-refractivity contribution is 0.183. The molecule has 118 valence electrons. The summed E-state index contributed by atoms with van der Waals surface area (Å²) >= 11 is 0. The molecule has 0 spiro atoms. The summed E-state index contributed by atoms with van der Waals surface area (Å²) in [7, 11) is 0. The zero-order valence-corrected chi connectivity index (χ0v) is 14.1. The quantitative estimate of drug-likeness (QED) is 0.759. The van der Waals surface area contributed by atoms with Crippen molar-refractivity contribution in [2.75, 3.05) is 13.1 Å². The van der Waals surface area contributed by atoms with Gasteiger partial charge in [-0.15, -0.1) is 0 Å². The number of nitrogens with one attached hydrogen (secondary N) is 1. The normalized spacial score (nSPS) is 26.0. The van der Waals surface area contributed by atoms with Crippen LogP contribution in [0.1, 0.15) is 57.7 Å². The number of hydrogen-bond acceptors (Lipinski definition) is 2. The fourth-order valence-corrected chi connectivity index (χ4v) is 3.60. The van der Waals surface area contributed by atoms with E-state index in [1.807, 2.05) is 0 Å². The lowest BCUT2D eigenvalue weighted by Crippen LogP contribution is -2.34. The molecule has 2 nitrogen and oxygen atoms in total. The van der Waals surface area contributed by atoms with Crippen molar-refractivity contribution in [1.29, 1.82) is 0 Å². The Hall–Kier alpha value is -0.890. The van der Waals surface area contributed by atoms with Crippen molar-refractivity contribution in [2.24, 2.45) is 17.8 Å². The van der Waals surface area contributed by atoms with Crippen LogP contribution in [0.15, 0.2) is 18.3 Å². The van der Waals surface area contributed by atoms with Crippen LogP contribution >= 0.6 is 0 Å². The standard InChI is InChI=1S/C19H32N2/c1-4-10-20-14-17-8-6-15(3)11-18(17)12-19-9-7-16(5-2)13-21-19/h7,9,13,15,17-18,20H,4-6,8,10-12,14H2,1-3H3. The largest absolute Gasteiger partial charge is 0.316 e. The summed E-state index contributed by atoms with van der Waals surface area (Å²) in [6.45, 7) is 9.19. The molecular weight excluding hydrogens is 256 g/mol. The molecule has 0 aliphatic heterocycles. The molecule has 2 rings (SSSR count). The Morgan fingerprint density at radius 2 is 2.05 bits per heavy atom. The number of aryl methyl sites for hydroxylation is 1. The minimum absolute atomic E-state index is 0.804. The van der Waals surface area contributed by atoms with Gasteiger partial charge in [-0.1, -0.05) is 33.3 Å². The van der Waals surface area contributed by atoms with Crippen LogP contribution in [0.2, 0.25) is 0 Å². The molecule has 3 atom stereocenters. The first-order valence-electron chi connectivity index (χ1n) is 8.87. The maximum absolute atomic E-state index is 4.68. The highest BCUT2D eigenvalue weighted by atomic mass is 14.9. The van der Waals surface area contributed by atoms with Crippen LogP contribution in [0.4, 0.5) is 0 Å². The Kier molecular flexibility index (Phi) is 6.69. The van der Waals surface area contributed by atoms with Crippen LogP contribution in [-0.2, 0) is 12.8 Å². The molecule has 1 aromatic rings. The van der Waals surface area contributed by atoms with Gasteiger partial charge in [0.1, 0.15) is 0 Å². The summed E-state index contributed by atoms with van der Waals surface area (Å²) < 4.78 is 0. The second kappa shape index (κ2) is 8.53. The smallest absolute Gasteiger partial charge is 0.0406 e. The Morgan fingerprint density at radius 1 is 1.19 bits per heavy atom. The van der Waals surface area contributed by atoms with Crippen molar-refractivity contribution < 1.29 is 0 Å². The van der Waals surface area contributed by atoms with Crippen molar-refractivity contribution in [1.82, 2.24) is 10.3 Å². The van der Waals surface area contributed by atoms with Gasteiger partial charge in [0.2, 0.25) is 0 Å². The van der Waals surface area contributed by atoms with E-state index in [4.69, 9.17) is 0 Å². The molecule has 1 heterocycles. The summed E-state index contributed by atoms with van der Waals surface area (Å²) in [4.78, 5) is 4.68. The van der Waals surface area contributed by atoms with Crippen molar-refractivity contribution in [3.05, 3.63) is 29.6 Å². The predicted molar refractivity (Wildman–Crippen MR) is 90.5 cm³/mol. The first-order chi connectivity index (χ1) is 10.2. The molecule has 1 aromatic heterocycles. The fourth-order valence-electron chi connectivity index (χ4n) is 3.60. The Labute approximate surface area is 130 Å². The molecule has 1 aliphatic rings. The van der Waals surface area contributed by atoms with Gasteiger partial charge in [0, 0.05) is 11.9 Å². The van der Waals surface area contributed by atoms with Gasteiger partial charge in [0.25, 0.3) is 0 Å².